The molecular weight excluding hydrogens is 1450 g/mol. The third-order valence-electron chi connectivity index (χ3n) is 20.8. The van der Waals surface area contributed by atoms with Crippen molar-refractivity contribution in [2.24, 2.45) is 0 Å². The van der Waals surface area contributed by atoms with Crippen molar-refractivity contribution in [3.8, 4) is 66.8 Å². The lowest BCUT2D eigenvalue weighted by Crippen LogP contribution is -2.31. The van der Waals surface area contributed by atoms with Gasteiger partial charge in [0.1, 0.15) is 0 Å². The van der Waals surface area contributed by atoms with Gasteiger partial charge in [0.2, 0.25) is 0 Å². The Balaban J connectivity index is 0.000000112. The molecule has 0 N–H and O–H groups in total. The Kier molecular flexibility index (Phi) is 16.1. The van der Waals surface area contributed by atoms with Crippen LogP contribution in [0.3, 0.4) is 0 Å². The number of fused-ring (bicyclic) bond motifs is 18. The third-order valence-corrected chi connectivity index (χ3v) is 28.6. The molecule has 6 aliphatic rings. The molecule has 0 aromatic heterocycles. The molecule has 12 aromatic rings. The van der Waals surface area contributed by atoms with E-state index in [1.54, 1.807) is 0 Å². The lowest BCUT2D eigenvalue weighted by atomic mass is 9.92. The monoisotopic (exact) mass is 1510 g/mol. The van der Waals surface area contributed by atoms with E-state index in [1.165, 1.54) is 134 Å². The molecule has 0 heterocycles. The highest BCUT2D eigenvalue weighted by molar-refractivity contribution is 9.11. The first kappa shape index (κ1) is 61.5. The van der Waals surface area contributed by atoms with E-state index in [1.807, 2.05) is 0 Å². The predicted molar refractivity (Wildman–Crippen MR) is 413 cm³/mol. The van der Waals surface area contributed by atoms with Crippen molar-refractivity contribution in [2.75, 3.05) is 0 Å². The minimum absolute atomic E-state index is 0.0617. The summed E-state index contributed by atoms with van der Waals surface area (Å²) in [5.41, 5.74) is 33.9. The molecule has 7 heteroatoms. The largest absolute Gasteiger partial charge is 0.136 e. The van der Waals surface area contributed by atoms with Crippen molar-refractivity contribution in [3.05, 3.63) is 352 Å². The van der Waals surface area contributed by atoms with Gasteiger partial charge in [-0.2, -0.15) is 0 Å². The summed E-state index contributed by atoms with van der Waals surface area (Å²) >= 11 is 21.5. The van der Waals surface area contributed by atoms with Crippen LogP contribution in [-0.2, 0) is 19.0 Å². The molecule has 12 aromatic carbocycles. The highest BCUT2D eigenvalue weighted by Crippen LogP contribution is 2.70. The van der Waals surface area contributed by atoms with E-state index in [-0.39, 0.29) is 19.0 Å². The number of thioether (sulfide) groups is 3. The Bertz CT molecular complexity index is 4370. The van der Waals surface area contributed by atoms with Crippen molar-refractivity contribution >= 4 is 99.0 Å². The molecular formula is C86H66Br4S3. The van der Waals surface area contributed by atoms with Crippen molar-refractivity contribution in [2.45, 2.75) is 82.9 Å². The van der Waals surface area contributed by atoms with Crippen molar-refractivity contribution in [1.29, 1.82) is 0 Å². The van der Waals surface area contributed by atoms with E-state index in [4.69, 9.17) is 0 Å². The number of hydrogen-bond acceptors (Lipinski definition) is 3. The molecule has 0 bridgehead atoms. The van der Waals surface area contributed by atoms with Gasteiger partial charge in [-0.25, -0.2) is 0 Å². The average Bonchev–Trinajstić information content (AvgIpc) is 1.55. The molecule has 6 aliphatic carbocycles. The maximum Gasteiger partial charge on any atom is 0.0679 e. The van der Waals surface area contributed by atoms with Crippen molar-refractivity contribution in [3.63, 3.8) is 0 Å². The molecule has 0 saturated carbocycles. The van der Waals surface area contributed by atoms with Gasteiger partial charge in [0, 0.05) is 17.9 Å². The molecule has 0 radical (unpaired) electrons. The minimum Gasteiger partial charge on any atom is -0.136 e. The third kappa shape index (κ3) is 9.61. The topological polar surface area (TPSA) is 0 Å². The zero-order valence-corrected chi connectivity index (χ0v) is 60.9. The Morgan fingerprint density at radius 2 is 0.430 bits per heavy atom. The van der Waals surface area contributed by atoms with Gasteiger partial charge in [-0.05, 0) is 208 Å². The average molecular weight is 1520 g/mol. The molecule has 0 amide bonds. The first-order valence-electron chi connectivity index (χ1n) is 32.5. The van der Waals surface area contributed by atoms with Gasteiger partial charge in [-0.3, -0.25) is 0 Å². The smallest absolute Gasteiger partial charge is 0.0679 e. The summed E-state index contributed by atoms with van der Waals surface area (Å²) in [6, 6.07) is 99.1. The van der Waals surface area contributed by atoms with E-state index in [0.29, 0.717) is 10.5 Å². The molecule has 93 heavy (non-hydrogen) atoms. The van der Waals surface area contributed by atoms with Crippen LogP contribution < -0.4 is 0 Å². The second kappa shape index (κ2) is 24.4. The standard InChI is InChI=1S/C30H22Br4S.C30H26S.C26H18S/c1-3-29(25-13-17(31)5-9-21(25)22-10-6-18(32)14-26(22)29)35-30(4-2)27-15-19(33)7-11-23(27)24-12-8-20(34)16-28(24)30;1-3-29(25-17-9-5-13-21(25)22-14-6-10-18-26(22)29)31-30(4-2)27-19-11-7-15-23(27)24-16-8-12-20-28(24)30;1-5-13-21-17(9-1)18-10-2-6-14-22(18)25(21)27-26-23-15-7-3-11-19(23)20-12-4-8-16-24(20)26/h5-16H,3-4H2,1-2H3;5-20H,3-4H2,1-2H3;1-16,25-26H. The predicted octanol–water partition coefficient (Wildman–Crippen LogP) is 27.1. The Morgan fingerprint density at radius 3 is 0.667 bits per heavy atom. The van der Waals surface area contributed by atoms with Crippen LogP contribution >= 0.6 is 99.0 Å². The van der Waals surface area contributed by atoms with Crippen molar-refractivity contribution in [1.82, 2.24) is 0 Å². The molecule has 0 spiro atoms. The van der Waals surface area contributed by atoms with Gasteiger partial charge in [-0.1, -0.05) is 310 Å². The van der Waals surface area contributed by atoms with Crippen molar-refractivity contribution < 1.29 is 0 Å². The zero-order valence-electron chi connectivity index (χ0n) is 52.1. The fourth-order valence-corrected chi connectivity index (χ4v) is 23.9. The van der Waals surface area contributed by atoms with Gasteiger partial charge in [0.05, 0.1) is 29.5 Å². The Morgan fingerprint density at radius 1 is 0.237 bits per heavy atom. The molecule has 0 saturated heterocycles. The highest BCUT2D eigenvalue weighted by Gasteiger charge is 2.54. The minimum atomic E-state index is -0.183. The number of rotatable bonds is 10. The molecule has 0 nitrogen and oxygen atoms in total. The fraction of sp³-hybridized carbons (Fsp3) is 0.163. The fourth-order valence-electron chi connectivity index (χ4n) is 16.7. The summed E-state index contributed by atoms with van der Waals surface area (Å²) in [5, 5.41) is 0.753. The summed E-state index contributed by atoms with van der Waals surface area (Å²) in [6.07, 6.45) is 4.13. The lowest BCUT2D eigenvalue weighted by Gasteiger charge is -2.41. The molecule has 0 atom stereocenters. The Labute approximate surface area is 594 Å². The summed E-state index contributed by atoms with van der Waals surface area (Å²) in [6.45, 7) is 9.41. The van der Waals surface area contributed by atoms with Crippen LogP contribution in [0.4, 0.5) is 0 Å². The SMILES string of the molecule is CCC1(SC2(CC)c3cc(Br)ccc3-c3ccc(Br)cc32)c2cc(Br)ccc2-c2ccc(Br)cc21.CCC1(SC2(CC)c3ccccc3-c3ccccc32)c2ccccc2-c2ccccc21.c1ccc2c(c1)-c1ccccc1C2SC1c2ccccc2-c2ccccc21. The summed E-state index contributed by atoms with van der Waals surface area (Å²) in [4.78, 5) is 0. The van der Waals surface area contributed by atoms with Gasteiger partial charge >= 0.3 is 0 Å². The van der Waals surface area contributed by atoms with Crippen LogP contribution in [0.1, 0.15) is 131 Å². The second-order valence-electron chi connectivity index (χ2n) is 25.1. The summed E-state index contributed by atoms with van der Waals surface area (Å²) in [5.74, 6) is 0. The van der Waals surface area contributed by atoms with Gasteiger partial charge in [0.15, 0.2) is 0 Å². The first-order chi connectivity index (χ1) is 45.5. The molecule has 18 rings (SSSR count). The highest BCUT2D eigenvalue weighted by atomic mass is 79.9. The molecule has 0 aliphatic heterocycles. The number of hydrogen-bond donors (Lipinski definition) is 0. The normalized spacial score (nSPS) is 15.7. The zero-order chi connectivity index (χ0) is 63.4. The summed E-state index contributed by atoms with van der Waals surface area (Å²) in [7, 11) is 0. The first-order valence-corrected chi connectivity index (χ1v) is 38.3. The van der Waals surface area contributed by atoms with Gasteiger partial charge < -0.3 is 0 Å². The van der Waals surface area contributed by atoms with Crippen LogP contribution in [0.2, 0.25) is 0 Å². The number of benzene rings is 12. The van der Waals surface area contributed by atoms with Gasteiger partial charge in [-0.15, -0.1) is 35.3 Å². The van der Waals surface area contributed by atoms with E-state index in [9.17, 15) is 0 Å². The quantitative estimate of drug-likeness (QED) is 0.134. The molecule has 0 unspecified atom stereocenters. The Hall–Kier alpha value is -6.39. The molecule has 456 valence electrons. The maximum absolute atomic E-state index is 3.79. The maximum atomic E-state index is 3.79. The van der Waals surface area contributed by atoms with Crippen LogP contribution in [0, 0.1) is 0 Å². The lowest BCUT2D eigenvalue weighted by molar-refractivity contribution is 0.672. The molecule has 0 fully saturated rings. The second-order valence-corrected chi connectivity index (χ2v) is 33.2. The van der Waals surface area contributed by atoms with E-state index < -0.39 is 0 Å². The van der Waals surface area contributed by atoms with Crippen LogP contribution in [0.5, 0.6) is 0 Å². The van der Waals surface area contributed by atoms with Crippen LogP contribution in [-0.4, -0.2) is 0 Å². The number of halogens is 4. The van der Waals surface area contributed by atoms with E-state index in [0.717, 1.165) is 43.6 Å². The van der Waals surface area contributed by atoms with Crippen LogP contribution in [0.25, 0.3) is 66.8 Å². The summed E-state index contributed by atoms with van der Waals surface area (Å²) < 4.78 is 4.03. The van der Waals surface area contributed by atoms with Crippen LogP contribution in [0.15, 0.2) is 285 Å². The van der Waals surface area contributed by atoms with E-state index >= 15 is 0 Å². The van der Waals surface area contributed by atoms with Gasteiger partial charge in [0.25, 0.3) is 0 Å². The van der Waals surface area contributed by atoms with E-state index in [2.05, 4.69) is 394 Å².